The summed E-state index contributed by atoms with van der Waals surface area (Å²) in [5.41, 5.74) is 5.65. The first-order valence-corrected chi connectivity index (χ1v) is 14.9. The molecule has 0 saturated carbocycles. The topological polar surface area (TPSA) is 0 Å². The fourth-order valence-corrected chi connectivity index (χ4v) is 2.99. The SMILES string of the molecule is CC(C)c1cc2c(-c3ccc(C(C)(C)C)cc3)cccc2[cH-]1.[Cl][Zr][Cl]. The molecule has 0 amide bonds. The molecule has 0 aromatic heterocycles. The summed E-state index contributed by atoms with van der Waals surface area (Å²) in [6.45, 7) is 11.3. The second kappa shape index (κ2) is 8.94. The molecular formula is C22H25Cl2Zr-. The molecule has 0 unspecified atom stereocenters. The molecule has 0 N–H and O–H groups in total. The molecule has 0 bridgehead atoms. The summed E-state index contributed by atoms with van der Waals surface area (Å²) in [4.78, 5) is 0. The van der Waals surface area contributed by atoms with Gasteiger partial charge in [-0.15, -0.1) is 34.5 Å². The van der Waals surface area contributed by atoms with Crippen molar-refractivity contribution < 1.29 is 20.8 Å². The van der Waals surface area contributed by atoms with Crippen molar-refractivity contribution in [1.82, 2.24) is 0 Å². The average molecular weight is 452 g/mol. The summed E-state index contributed by atoms with van der Waals surface area (Å²) >= 11 is -0.826. The van der Waals surface area contributed by atoms with Gasteiger partial charge in [-0.25, -0.2) is 0 Å². The average Bonchev–Trinajstić information content (AvgIpc) is 2.99. The van der Waals surface area contributed by atoms with E-state index in [2.05, 4.69) is 89.2 Å². The number of benzene rings is 2. The first-order valence-electron chi connectivity index (χ1n) is 8.54. The van der Waals surface area contributed by atoms with E-state index in [-0.39, 0.29) is 5.41 Å². The number of halogens is 2. The predicted octanol–water partition coefficient (Wildman–Crippen LogP) is 8.02. The molecule has 3 aromatic rings. The zero-order valence-electron chi connectivity index (χ0n) is 15.5. The molecule has 0 spiro atoms. The quantitative estimate of drug-likeness (QED) is 0.346. The van der Waals surface area contributed by atoms with Crippen LogP contribution in [0.25, 0.3) is 21.9 Å². The van der Waals surface area contributed by atoms with Crippen LogP contribution in [0.5, 0.6) is 0 Å². The van der Waals surface area contributed by atoms with E-state index in [9.17, 15) is 0 Å². The van der Waals surface area contributed by atoms with Gasteiger partial charge in [0.2, 0.25) is 0 Å². The molecule has 3 aromatic carbocycles. The van der Waals surface area contributed by atoms with E-state index in [1.807, 2.05) is 0 Å². The van der Waals surface area contributed by atoms with Gasteiger partial charge in [0.05, 0.1) is 0 Å². The fraction of sp³-hybridized carbons (Fsp3) is 0.318. The summed E-state index contributed by atoms with van der Waals surface area (Å²) in [5.74, 6) is 0.573. The second-order valence-electron chi connectivity index (χ2n) is 7.65. The number of fused-ring (bicyclic) bond motifs is 1. The van der Waals surface area contributed by atoms with Gasteiger partial charge in [-0.3, -0.25) is 0 Å². The van der Waals surface area contributed by atoms with Crippen molar-refractivity contribution in [2.24, 2.45) is 0 Å². The van der Waals surface area contributed by atoms with Crippen LogP contribution in [0.3, 0.4) is 0 Å². The number of rotatable bonds is 2. The summed E-state index contributed by atoms with van der Waals surface area (Å²) < 4.78 is 0. The van der Waals surface area contributed by atoms with Crippen LogP contribution in [0.4, 0.5) is 0 Å². The van der Waals surface area contributed by atoms with E-state index in [4.69, 9.17) is 17.0 Å². The van der Waals surface area contributed by atoms with E-state index < -0.39 is 20.8 Å². The molecule has 0 aliphatic heterocycles. The molecule has 0 fully saturated rings. The van der Waals surface area contributed by atoms with Crippen LogP contribution in [0.15, 0.2) is 54.6 Å². The Labute approximate surface area is 170 Å². The third-order valence-electron chi connectivity index (χ3n) is 4.50. The molecule has 0 heterocycles. The molecule has 132 valence electrons. The Balaban J connectivity index is 0.000000701. The van der Waals surface area contributed by atoms with Crippen molar-refractivity contribution in [3.05, 3.63) is 65.7 Å². The van der Waals surface area contributed by atoms with E-state index in [0.717, 1.165) is 0 Å². The molecule has 3 rings (SSSR count). The van der Waals surface area contributed by atoms with Gasteiger partial charge in [0, 0.05) is 0 Å². The van der Waals surface area contributed by atoms with Gasteiger partial charge in [-0.05, 0) is 22.5 Å². The van der Waals surface area contributed by atoms with Crippen LogP contribution in [-0.2, 0) is 26.3 Å². The first kappa shape index (κ1) is 20.8. The molecular weight excluding hydrogens is 426 g/mol. The second-order valence-corrected chi connectivity index (χ2v) is 11.4. The normalized spacial score (nSPS) is 11.4. The molecule has 0 radical (unpaired) electrons. The van der Waals surface area contributed by atoms with Crippen molar-refractivity contribution in [2.45, 2.75) is 46.0 Å². The summed E-state index contributed by atoms with van der Waals surface area (Å²) in [7, 11) is 9.87. The maximum absolute atomic E-state index is 4.93. The van der Waals surface area contributed by atoms with Crippen molar-refractivity contribution in [1.29, 1.82) is 0 Å². The Morgan fingerprint density at radius 1 is 0.960 bits per heavy atom. The zero-order valence-corrected chi connectivity index (χ0v) is 19.5. The van der Waals surface area contributed by atoms with Crippen molar-refractivity contribution >= 4 is 27.8 Å². The van der Waals surface area contributed by atoms with Crippen LogP contribution < -0.4 is 0 Å². The van der Waals surface area contributed by atoms with Gasteiger partial charge in [0.1, 0.15) is 0 Å². The molecule has 0 saturated heterocycles. The molecule has 0 nitrogen and oxygen atoms in total. The minimum atomic E-state index is -0.826. The van der Waals surface area contributed by atoms with Gasteiger partial charge in [-0.2, -0.15) is 6.07 Å². The first-order chi connectivity index (χ1) is 11.8. The van der Waals surface area contributed by atoms with Gasteiger partial charge >= 0.3 is 37.9 Å². The molecule has 0 atom stereocenters. The van der Waals surface area contributed by atoms with Crippen LogP contribution in [-0.4, -0.2) is 0 Å². The molecule has 0 aliphatic rings. The van der Waals surface area contributed by atoms with Crippen LogP contribution in [0, 0.1) is 0 Å². The van der Waals surface area contributed by atoms with Gasteiger partial charge in [0.25, 0.3) is 0 Å². The van der Waals surface area contributed by atoms with Crippen molar-refractivity contribution in [3.63, 3.8) is 0 Å². The van der Waals surface area contributed by atoms with E-state index in [1.165, 1.54) is 33.0 Å². The van der Waals surface area contributed by atoms with Crippen molar-refractivity contribution in [2.75, 3.05) is 0 Å². The molecule has 0 aliphatic carbocycles. The Bertz CT molecular complexity index is 808. The third kappa shape index (κ3) is 5.25. The van der Waals surface area contributed by atoms with Crippen LogP contribution >= 0.6 is 17.0 Å². The van der Waals surface area contributed by atoms with E-state index in [1.54, 1.807) is 0 Å². The number of hydrogen-bond donors (Lipinski definition) is 0. The fourth-order valence-electron chi connectivity index (χ4n) is 2.99. The Morgan fingerprint density at radius 3 is 2.08 bits per heavy atom. The van der Waals surface area contributed by atoms with Gasteiger partial charge in [-0.1, -0.05) is 70.5 Å². The van der Waals surface area contributed by atoms with Crippen molar-refractivity contribution in [3.8, 4) is 11.1 Å². The summed E-state index contributed by atoms with van der Waals surface area (Å²) in [5, 5.41) is 2.72. The molecule has 25 heavy (non-hydrogen) atoms. The van der Waals surface area contributed by atoms with Crippen LogP contribution in [0.2, 0.25) is 0 Å². The van der Waals surface area contributed by atoms with E-state index >= 15 is 0 Å². The maximum atomic E-state index is 4.93. The van der Waals surface area contributed by atoms with Crippen LogP contribution in [0.1, 0.15) is 51.7 Å². The summed E-state index contributed by atoms with van der Waals surface area (Å²) in [6, 6.07) is 20.3. The van der Waals surface area contributed by atoms with Gasteiger partial charge in [0.15, 0.2) is 0 Å². The van der Waals surface area contributed by atoms with E-state index in [0.29, 0.717) is 5.92 Å². The Hall–Kier alpha value is -0.487. The Morgan fingerprint density at radius 2 is 1.56 bits per heavy atom. The monoisotopic (exact) mass is 449 g/mol. The standard InChI is InChI=1S/C22H25.2ClH.Zr/c1-15(2)18-13-17-7-6-8-20(21(17)14-18)16-9-11-19(12-10-16)22(3,4)5;;;/h6-15H,1-5H3;2*1H;/q-1;;;+2/p-2. The zero-order chi connectivity index (χ0) is 18.6. The third-order valence-corrected chi connectivity index (χ3v) is 4.50. The minimum absolute atomic E-state index is 0.204. The predicted molar refractivity (Wildman–Crippen MR) is 109 cm³/mol. The number of hydrogen-bond acceptors (Lipinski definition) is 0. The molecule has 3 heteroatoms. The summed E-state index contributed by atoms with van der Waals surface area (Å²) in [6.07, 6.45) is 0. The Kier molecular flexibility index (Phi) is 7.44. The van der Waals surface area contributed by atoms with Gasteiger partial charge < -0.3 is 0 Å².